The van der Waals surface area contributed by atoms with Gasteiger partial charge in [-0.25, -0.2) is 0 Å². The summed E-state index contributed by atoms with van der Waals surface area (Å²) in [6.07, 6.45) is 10.0. The highest BCUT2D eigenvalue weighted by atomic mass is 16.4. The van der Waals surface area contributed by atoms with Crippen LogP contribution >= 0.6 is 0 Å². The van der Waals surface area contributed by atoms with Crippen LogP contribution in [0.1, 0.15) is 106 Å². The van der Waals surface area contributed by atoms with Crippen LogP contribution in [-0.4, -0.2) is 33.5 Å². The molecule has 4 nitrogen and oxygen atoms in total. The van der Waals surface area contributed by atoms with Crippen molar-refractivity contribution in [2.45, 2.75) is 118 Å². The summed E-state index contributed by atoms with van der Waals surface area (Å²) in [6, 6.07) is 0. The van der Waals surface area contributed by atoms with Crippen LogP contribution in [0.2, 0.25) is 0 Å². The number of allylic oxidation sites excluding steroid dienone is 1. The topological polar surface area (TPSA) is 77.8 Å². The van der Waals surface area contributed by atoms with E-state index in [9.17, 15) is 20.1 Å². The number of aliphatic hydroxyl groups excluding tert-OH is 2. The van der Waals surface area contributed by atoms with Crippen LogP contribution < -0.4 is 0 Å². The highest BCUT2D eigenvalue weighted by Crippen LogP contribution is 2.75. The Morgan fingerprint density at radius 1 is 0.882 bits per heavy atom. The second kappa shape index (κ2) is 7.12. The maximum atomic E-state index is 12.2. The molecule has 0 heterocycles. The van der Waals surface area contributed by atoms with E-state index in [1.165, 1.54) is 5.57 Å². The van der Waals surface area contributed by atoms with Crippen molar-refractivity contribution in [1.82, 2.24) is 0 Å². The van der Waals surface area contributed by atoms with E-state index in [-0.39, 0.29) is 45.0 Å². The Hall–Kier alpha value is -0.870. The van der Waals surface area contributed by atoms with E-state index in [0.29, 0.717) is 12.3 Å². The second-order valence-corrected chi connectivity index (χ2v) is 15.1. The first-order chi connectivity index (χ1) is 15.6. The molecule has 4 heteroatoms. The molecular weight excluding hydrogens is 424 g/mol. The quantitative estimate of drug-likeness (QED) is 0.397. The fourth-order valence-corrected chi connectivity index (χ4v) is 10.6. The molecule has 0 aromatic carbocycles. The molecule has 10 atom stereocenters. The number of aliphatic hydroxyl groups is 2. The molecular formula is C30H48O4. The molecule has 0 aromatic heterocycles. The van der Waals surface area contributed by atoms with Crippen LogP contribution in [0.5, 0.6) is 0 Å². The minimum atomic E-state index is -0.681. The molecule has 1 unspecified atom stereocenters. The lowest BCUT2D eigenvalue weighted by Gasteiger charge is -2.72. The lowest BCUT2D eigenvalue weighted by atomic mass is 9.33. The normalized spacial score (nSPS) is 56.3. The third kappa shape index (κ3) is 2.88. The number of rotatable bonds is 1. The molecule has 3 N–H and O–H groups in total. The largest absolute Gasteiger partial charge is 0.481 e. The van der Waals surface area contributed by atoms with Crippen molar-refractivity contribution in [2.75, 3.05) is 0 Å². The van der Waals surface area contributed by atoms with Crippen LogP contribution in [-0.2, 0) is 4.79 Å². The van der Waals surface area contributed by atoms with E-state index in [2.05, 4.69) is 47.6 Å². The maximum Gasteiger partial charge on any atom is 0.309 e. The molecule has 4 saturated carbocycles. The van der Waals surface area contributed by atoms with Gasteiger partial charge in [0.05, 0.1) is 17.6 Å². The molecule has 0 radical (unpaired) electrons. The van der Waals surface area contributed by atoms with Gasteiger partial charge in [-0.2, -0.15) is 0 Å². The molecule has 5 aliphatic rings. The van der Waals surface area contributed by atoms with Gasteiger partial charge in [0.25, 0.3) is 0 Å². The first-order valence-corrected chi connectivity index (χ1v) is 13.9. The monoisotopic (exact) mass is 472 g/mol. The van der Waals surface area contributed by atoms with Crippen molar-refractivity contribution in [1.29, 1.82) is 0 Å². The maximum absolute atomic E-state index is 12.2. The summed E-state index contributed by atoms with van der Waals surface area (Å²) in [6.45, 7) is 16.1. The number of fused-ring (bicyclic) bond motifs is 7. The lowest BCUT2D eigenvalue weighted by Crippen LogP contribution is -2.67. The molecule has 5 aliphatic carbocycles. The second-order valence-electron chi connectivity index (χ2n) is 15.1. The highest BCUT2D eigenvalue weighted by Gasteiger charge is 2.70. The van der Waals surface area contributed by atoms with E-state index in [0.717, 1.165) is 51.4 Å². The molecule has 0 bridgehead atoms. The summed E-state index contributed by atoms with van der Waals surface area (Å²) in [5.41, 5.74) is 0.613. The van der Waals surface area contributed by atoms with E-state index in [1.54, 1.807) is 0 Å². The predicted octanol–water partition coefficient (Wildman–Crippen LogP) is 6.20. The number of carbonyl (C=O) groups is 1. The number of hydrogen-bond donors (Lipinski definition) is 3. The molecule has 192 valence electrons. The van der Waals surface area contributed by atoms with Crippen molar-refractivity contribution in [3.05, 3.63) is 11.6 Å². The van der Waals surface area contributed by atoms with Gasteiger partial charge in [-0.3, -0.25) is 4.79 Å². The number of carboxylic acids is 1. The molecule has 0 spiro atoms. The van der Waals surface area contributed by atoms with Gasteiger partial charge in [-0.15, -0.1) is 0 Å². The number of aliphatic carboxylic acids is 1. The Morgan fingerprint density at radius 3 is 2.18 bits per heavy atom. The number of carboxylic acid groups (broad SMARTS) is 1. The van der Waals surface area contributed by atoms with Gasteiger partial charge in [-0.1, -0.05) is 53.2 Å². The third-order valence-corrected chi connectivity index (χ3v) is 13.3. The summed E-state index contributed by atoms with van der Waals surface area (Å²) in [4.78, 5) is 12.2. The molecule has 0 aromatic rings. The first-order valence-electron chi connectivity index (χ1n) is 13.9. The zero-order chi connectivity index (χ0) is 25.1. The Kier molecular flexibility index (Phi) is 5.20. The van der Waals surface area contributed by atoms with Gasteiger partial charge >= 0.3 is 5.97 Å². The summed E-state index contributed by atoms with van der Waals surface area (Å²) in [5, 5.41) is 32.9. The summed E-state index contributed by atoms with van der Waals surface area (Å²) in [5.74, 6) is 0.120. The lowest BCUT2D eigenvalue weighted by molar-refractivity contribution is -0.224. The Labute approximate surface area is 206 Å². The van der Waals surface area contributed by atoms with Crippen LogP contribution in [0, 0.1) is 50.2 Å². The van der Waals surface area contributed by atoms with Crippen molar-refractivity contribution in [3.8, 4) is 0 Å². The zero-order valence-corrected chi connectivity index (χ0v) is 22.6. The molecule has 0 saturated heterocycles. The summed E-state index contributed by atoms with van der Waals surface area (Å²) in [7, 11) is 0. The Bertz CT molecular complexity index is 923. The van der Waals surface area contributed by atoms with Crippen molar-refractivity contribution in [2.24, 2.45) is 50.2 Å². The van der Waals surface area contributed by atoms with Crippen LogP contribution in [0.4, 0.5) is 0 Å². The van der Waals surface area contributed by atoms with Crippen LogP contribution in [0.3, 0.4) is 0 Å². The van der Waals surface area contributed by atoms with Gasteiger partial charge in [0.2, 0.25) is 0 Å². The van der Waals surface area contributed by atoms with E-state index < -0.39 is 17.5 Å². The van der Waals surface area contributed by atoms with Gasteiger partial charge in [-0.05, 0) is 104 Å². The van der Waals surface area contributed by atoms with Crippen molar-refractivity contribution in [3.63, 3.8) is 0 Å². The zero-order valence-electron chi connectivity index (χ0n) is 22.6. The summed E-state index contributed by atoms with van der Waals surface area (Å²) < 4.78 is 0. The average Bonchev–Trinajstić information content (AvgIpc) is 2.73. The fourth-order valence-electron chi connectivity index (χ4n) is 10.6. The summed E-state index contributed by atoms with van der Waals surface area (Å²) >= 11 is 0. The standard InChI is InChI=1S/C30H48O4/c1-25(2)21-8-11-30(7)23(28(21,5)10-9-22(25)32)20(31)16-18-19-17-27(4,24(33)34)13-12-26(19,3)14-15-29(18,30)6/h16,19-23,31-32H,8-15,17H2,1-7H3,(H,33,34)/t19-,20?,21-,22-,23+,26+,27-,28-,29+,30+/m0/s1. The molecule has 5 rings (SSSR count). The Balaban J connectivity index is 1.61. The minimum absolute atomic E-state index is 0.0108. The first kappa shape index (κ1) is 24.8. The molecule has 4 fully saturated rings. The SMILES string of the molecule is CC1(C)[C@@H](O)CC[C@]2(C)[C@H]3C(O)C=C4[C@@H]5C[C@@](C)(C(=O)O)CC[C@]5(C)CC[C@@]4(C)[C@]3(C)CC[C@@H]12. The number of hydrogen-bond acceptors (Lipinski definition) is 3. The van der Waals surface area contributed by atoms with Crippen molar-refractivity contribution < 1.29 is 20.1 Å². The average molecular weight is 473 g/mol. The molecule has 0 amide bonds. The molecule has 34 heavy (non-hydrogen) atoms. The van der Waals surface area contributed by atoms with Gasteiger partial charge < -0.3 is 15.3 Å². The van der Waals surface area contributed by atoms with E-state index in [1.807, 2.05) is 6.92 Å². The van der Waals surface area contributed by atoms with Crippen LogP contribution in [0.25, 0.3) is 0 Å². The highest BCUT2D eigenvalue weighted by molar-refractivity contribution is 5.74. The fraction of sp³-hybridized carbons (Fsp3) is 0.900. The van der Waals surface area contributed by atoms with Crippen LogP contribution in [0.15, 0.2) is 11.6 Å². The minimum Gasteiger partial charge on any atom is -0.481 e. The van der Waals surface area contributed by atoms with E-state index in [4.69, 9.17) is 0 Å². The van der Waals surface area contributed by atoms with Gasteiger partial charge in [0.1, 0.15) is 0 Å². The smallest absolute Gasteiger partial charge is 0.309 e. The van der Waals surface area contributed by atoms with Crippen molar-refractivity contribution >= 4 is 5.97 Å². The molecule has 0 aliphatic heterocycles. The van der Waals surface area contributed by atoms with Gasteiger partial charge in [0.15, 0.2) is 0 Å². The van der Waals surface area contributed by atoms with E-state index >= 15 is 0 Å². The third-order valence-electron chi connectivity index (χ3n) is 13.3. The Morgan fingerprint density at radius 2 is 1.53 bits per heavy atom. The predicted molar refractivity (Wildman–Crippen MR) is 134 cm³/mol. The van der Waals surface area contributed by atoms with Gasteiger partial charge in [0, 0.05) is 5.92 Å².